The molecule has 2 atom stereocenters. The summed E-state index contributed by atoms with van der Waals surface area (Å²) in [5.74, 6) is -0.851. The molecular weight excluding hydrogens is 192 g/mol. The van der Waals surface area contributed by atoms with Gasteiger partial charge in [0.2, 0.25) is 0 Å². The van der Waals surface area contributed by atoms with Crippen LogP contribution in [0.4, 0.5) is 0 Å². The number of rotatable bonds is 2. The maximum absolute atomic E-state index is 10.8. The maximum atomic E-state index is 10.8. The Labute approximate surface area is 88.7 Å². The number of hydrogen-bond donors (Lipinski definition) is 1. The Kier molecular flexibility index (Phi) is 3.02. The van der Waals surface area contributed by atoms with Gasteiger partial charge in [0.25, 0.3) is 0 Å². The zero-order valence-electron chi connectivity index (χ0n) is 8.43. The van der Waals surface area contributed by atoms with Gasteiger partial charge in [-0.05, 0) is 24.8 Å². The first-order chi connectivity index (χ1) is 7.27. The van der Waals surface area contributed by atoms with Gasteiger partial charge in [-0.3, -0.25) is 0 Å². The van der Waals surface area contributed by atoms with Gasteiger partial charge in [0.05, 0.1) is 6.10 Å². The highest BCUT2D eigenvalue weighted by molar-refractivity contribution is 5.72. The summed E-state index contributed by atoms with van der Waals surface area (Å²) in [5.41, 5.74) is 1.07. The summed E-state index contributed by atoms with van der Waals surface area (Å²) >= 11 is 0. The van der Waals surface area contributed by atoms with E-state index in [1.165, 1.54) is 0 Å². The van der Waals surface area contributed by atoms with E-state index >= 15 is 0 Å². The summed E-state index contributed by atoms with van der Waals surface area (Å²) in [6, 6.07) is 9.80. The fourth-order valence-electron chi connectivity index (χ4n) is 1.92. The van der Waals surface area contributed by atoms with Crippen molar-refractivity contribution in [2.45, 2.75) is 31.5 Å². The van der Waals surface area contributed by atoms with E-state index in [-0.39, 0.29) is 6.10 Å². The number of hydrogen-bond acceptors (Lipinski definition) is 2. The molecule has 3 heteroatoms. The van der Waals surface area contributed by atoms with Gasteiger partial charge in [-0.25, -0.2) is 4.79 Å². The Bertz CT molecular complexity index is 334. The van der Waals surface area contributed by atoms with Gasteiger partial charge in [-0.2, -0.15) is 0 Å². The smallest absolute Gasteiger partial charge is 0.332 e. The van der Waals surface area contributed by atoms with Crippen LogP contribution in [0.5, 0.6) is 0 Å². The van der Waals surface area contributed by atoms with E-state index in [9.17, 15) is 4.79 Å². The van der Waals surface area contributed by atoms with Gasteiger partial charge in [-0.15, -0.1) is 0 Å². The first kappa shape index (κ1) is 10.2. The zero-order valence-corrected chi connectivity index (χ0v) is 8.43. The molecule has 2 rings (SSSR count). The van der Waals surface area contributed by atoms with E-state index in [1.807, 2.05) is 30.3 Å². The minimum absolute atomic E-state index is 0.0546. The molecule has 15 heavy (non-hydrogen) atoms. The van der Waals surface area contributed by atoms with E-state index in [0.29, 0.717) is 6.42 Å². The highest BCUT2D eigenvalue weighted by Gasteiger charge is 2.28. The highest BCUT2D eigenvalue weighted by atomic mass is 16.5. The second-order valence-corrected chi connectivity index (χ2v) is 3.79. The van der Waals surface area contributed by atoms with E-state index in [2.05, 4.69) is 0 Å². The maximum Gasteiger partial charge on any atom is 0.332 e. The molecule has 1 aliphatic rings. The predicted molar refractivity (Wildman–Crippen MR) is 55.5 cm³/mol. The van der Waals surface area contributed by atoms with Crippen LogP contribution in [0.25, 0.3) is 0 Å². The van der Waals surface area contributed by atoms with Crippen LogP contribution >= 0.6 is 0 Å². The second kappa shape index (κ2) is 4.45. The summed E-state index contributed by atoms with van der Waals surface area (Å²) in [6.45, 7) is 0. The van der Waals surface area contributed by atoms with E-state index in [1.54, 1.807) is 0 Å². The number of aliphatic carboxylic acids is 1. The van der Waals surface area contributed by atoms with Gasteiger partial charge >= 0.3 is 5.97 Å². The van der Waals surface area contributed by atoms with Crippen LogP contribution in [-0.2, 0) is 9.53 Å². The van der Waals surface area contributed by atoms with Crippen LogP contribution in [0.2, 0.25) is 0 Å². The standard InChI is InChI=1S/C12H14O3/c13-12(14)11-8-4-7-10(15-11)9-5-2-1-3-6-9/h1-3,5-6,10-11H,4,7-8H2,(H,13,14)/t10-,11+/m0/s1. The molecule has 0 aromatic heterocycles. The van der Waals surface area contributed by atoms with Crippen molar-refractivity contribution in [2.75, 3.05) is 0 Å². The summed E-state index contributed by atoms with van der Waals surface area (Å²) in [5, 5.41) is 8.88. The van der Waals surface area contributed by atoms with Crippen LogP contribution in [0, 0.1) is 0 Å². The summed E-state index contributed by atoms with van der Waals surface area (Å²) in [7, 11) is 0. The molecule has 1 fully saturated rings. The predicted octanol–water partition coefficient (Wildman–Crippen LogP) is 2.38. The second-order valence-electron chi connectivity index (χ2n) is 3.79. The lowest BCUT2D eigenvalue weighted by molar-refractivity contribution is -0.159. The Morgan fingerprint density at radius 3 is 2.67 bits per heavy atom. The fraction of sp³-hybridized carbons (Fsp3) is 0.417. The Morgan fingerprint density at radius 1 is 1.27 bits per heavy atom. The molecule has 0 unspecified atom stereocenters. The zero-order chi connectivity index (χ0) is 10.7. The SMILES string of the molecule is O=C(O)[C@H]1CCC[C@@H](c2ccccc2)O1. The average molecular weight is 206 g/mol. The lowest BCUT2D eigenvalue weighted by atomic mass is 9.98. The molecule has 1 aromatic rings. The van der Waals surface area contributed by atoms with Crippen molar-refractivity contribution < 1.29 is 14.6 Å². The van der Waals surface area contributed by atoms with Crippen LogP contribution in [0.3, 0.4) is 0 Å². The van der Waals surface area contributed by atoms with Crippen LogP contribution in [0.15, 0.2) is 30.3 Å². The van der Waals surface area contributed by atoms with Gasteiger partial charge in [0, 0.05) is 0 Å². The quantitative estimate of drug-likeness (QED) is 0.808. The molecule has 1 aromatic carbocycles. The molecule has 80 valence electrons. The molecule has 1 N–H and O–H groups in total. The number of carbonyl (C=O) groups is 1. The minimum Gasteiger partial charge on any atom is -0.479 e. The molecular formula is C12H14O3. The Morgan fingerprint density at radius 2 is 2.00 bits per heavy atom. The lowest BCUT2D eigenvalue weighted by Crippen LogP contribution is -2.29. The molecule has 1 aliphatic heterocycles. The molecule has 1 saturated heterocycles. The first-order valence-electron chi connectivity index (χ1n) is 5.20. The summed E-state index contributed by atoms with van der Waals surface area (Å²) < 4.78 is 5.53. The lowest BCUT2D eigenvalue weighted by Gasteiger charge is -2.27. The van der Waals surface area contributed by atoms with Crippen molar-refractivity contribution in [3.05, 3.63) is 35.9 Å². The average Bonchev–Trinajstić information content (AvgIpc) is 2.30. The van der Waals surface area contributed by atoms with Crippen molar-refractivity contribution in [1.82, 2.24) is 0 Å². The molecule has 0 saturated carbocycles. The van der Waals surface area contributed by atoms with Crippen molar-refractivity contribution in [2.24, 2.45) is 0 Å². The fourth-order valence-corrected chi connectivity index (χ4v) is 1.92. The third-order valence-corrected chi connectivity index (χ3v) is 2.71. The Hall–Kier alpha value is -1.35. The number of carboxylic acid groups (broad SMARTS) is 1. The van der Waals surface area contributed by atoms with E-state index in [0.717, 1.165) is 18.4 Å². The molecule has 0 bridgehead atoms. The van der Waals surface area contributed by atoms with Gasteiger partial charge < -0.3 is 9.84 Å². The topological polar surface area (TPSA) is 46.5 Å². The van der Waals surface area contributed by atoms with Crippen molar-refractivity contribution in [3.8, 4) is 0 Å². The van der Waals surface area contributed by atoms with Crippen LogP contribution in [-0.4, -0.2) is 17.2 Å². The molecule has 0 spiro atoms. The van der Waals surface area contributed by atoms with Gasteiger partial charge in [0.1, 0.15) is 0 Å². The third-order valence-electron chi connectivity index (χ3n) is 2.71. The normalized spacial score (nSPS) is 26.1. The molecule has 0 radical (unpaired) electrons. The van der Waals surface area contributed by atoms with Crippen LogP contribution in [0.1, 0.15) is 30.9 Å². The van der Waals surface area contributed by atoms with E-state index in [4.69, 9.17) is 9.84 Å². The van der Waals surface area contributed by atoms with Crippen molar-refractivity contribution in [3.63, 3.8) is 0 Å². The van der Waals surface area contributed by atoms with Crippen molar-refractivity contribution >= 4 is 5.97 Å². The van der Waals surface area contributed by atoms with Crippen LogP contribution < -0.4 is 0 Å². The highest BCUT2D eigenvalue weighted by Crippen LogP contribution is 2.30. The molecule has 3 nitrogen and oxygen atoms in total. The van der Waals surface area contributed by atoms with Crippen molar-refractivity contribution in [1.29, 1.82) is 0 Å². The van der Waals surface area contributed by atoms with Gasteiger partial charge in [-0.1, -0.05) is 30.3 Å². The molecule has 0 amide bonds. The first-order valence-corrected chi connectivity index (χ1v) is 5.20. The Balaban J connectivity index is 2.08. The largest absolute Gasteiger partial charge is 0.479 e. The van der Waals surface area contributed by atoms with Gasteiger partial charge in [0.15, 0.2) is 6.10 Å². The van der Waals surface area contributed by atoms with E-state index < -0.39 is 12.1 Å². The molecule has 1 heterocycles. The summed E-state index contributed by atoms with van der Waals surface area (Å²) in [4.78, 5) is 10.8. The summed E-state index contributed by atoms with van der Waals surface area (Å²) in [6.07, 6.45) is 1.76. The minimum atomic E-state index is -0.851. The monoisotopic (exact) mass is 206 g/mol. The molecule has 0 aliphatic carbocycles. The number of benzene rings is 1. The third kappa shape index (κ3) is 2.36. The number of carboxylic acids is 1. The number of ether oxygens (including phenoxy) is 1.